The number of nitrogens with one attached hydrogen (secondary N) is 2. The van der Waals surface area contributed by atoms with Crippen LogP contribution in [0, 0.1) is 6.92 Å². The molecule has 7 nitrogen and oxygen atoms in total. The van der Waals surface area contributed by atoms with Crippen molar-refractivity contribution in [3.8, 4) is 0 Å². The Balaban J connectivity index is 2.14. The lowest BCUT2D eigenvalue weighted by molar-refractivity contribution is 0.102. The lowest BCUT2D eigenvalue weighted by atomic mass is 10.3. The van der Waals surface area contributed by atoms with Crippen molar-refractivity contribution in [1.82, 2.24) is 15.2 Å². The number of carbonyl (C=O) groups excluding carboxylic acids is 1. The zero-order valence-corrected chi connectivity index (χ0v) is 9.78. The summed E-state index contributed by atoms with van der Waals surface area (Å²) in [4.78, 5) is 15.7. The van der Waals surface area contributed by atoms with Gasteiger partial charge in [-0.05, 0) is 19.1 Å². The molecule has 0 unspecified atom stereocenters. The zero-order valence-electron chi connectivity index (χ0n) is 8.97. The standard InChI is InChI=1S/C9H10N6OS/c1-5-14-15-9(17-5)12-8(16)7-4-6(13-10)2-3-11-7/h2-4H,10H2,1H3,(H,11,13)(H,12,15,16). The maximum absolute atomic E-state index is 11.8. The van der Waals surface area contributed by atoms with Gasteiger partial charge in [0.1, 0.15) is 10.7 Å². The van der Waals surface area contributed by atoms with E-state index in [1.54, 1.807) is 12.1 Å². The number of carbonyl (C=O) groups is 1. The number of nitrogens with two attached hydrogens (primary N) is 1. The molecule has 0 aliphatic heterocycles. The highest BCUT2D eigenvalue weighted by Gasteiger charge is 2.10. The molecule has 0 saturated carbocycles. The predicted octanol–water partition coefficient (Wildman–Crippen LogP) is 0.779. The van der Waals surface area contributed by atoms with Gasteiger partial charge in [-0.3, -0.25) is 20.9 Å². The smallest absolute Gasteiger partial charge is 0.276 e. The van der Waals surface area contributed by atoms with E-state index in [4.69, 9.17) is 5.84 Å². The van der Waals surface area contributed by atoms with Crippen molar-refractivity contribution in [2.24, 2.45) is 5.84 Å². The van der Waals surface area contributed by atoms with E-state index in [-0.39, 0.29) is 11.6 Å². The van der Waals surface area contributed by atoms with Crippen LogP contribution in [0.15, 0.2) is 18.3 Å². The van der Waals surface area contributed by atoms with Gasteiger partial charge < -0.3 is 5.43 Å². The highest BCUT2D eigenvalue weighted by Crippen LogP contribution is 2.15. The van der Waals surface area contributed by atoms with Gasteiger partial charge in [-0.15, -0.1) is 10.2 Å². The second-order valence-electron chi connectivity index (χ2n) is 3.15. The van der Waals surface area contributed by atoms with E-state index in [9.17, 15) is 4.79 Å². The van der Waals surface area contributed by atoms with Gasteiger partial charge in [-0.25, -0.2) is 0 Å². The van der Waals surface area contributed by atoms with Crippen LogP contribution >= 0.6 is 11.3 Å². The van der Waals surface area contributed by atoms with Crippen molar-refractivity contribution < 1.29 is 4.79 Å². The summed E-state index contributed by atoms with van der Waals surface area (Å²) in [6.07, 6.45) is 1.50. The van der Waals surface area contributed by atoms with Gasteiger partial charge in [-0.2, -0.15) is 0 Å². The number of nitrogen functional groups attached to an aromatic ring is 1. The first-order valence-corrected chi connectivity index (χ1v) is 5.55. The van der Waals surface area contributed by atoms with Crippen LogP contribution in [0.3, 0.4) is 0 Å². The average Bonchev–Trinajstić information content (AvgIpc) is 2.75. The quantitative estimate of drug-likeness (QED) is 0.549. The first-order chi connectivity index (χ1) is 8.19. The van der Waals surface area contributed by atoms with Crippen molar-refractivity contribution >= 4 is 28.1 Å². The molecule has 8 heteroatoms. The van der Waals surface area contributed by atoms with Crippen molar-refractivity contribution in [3.05, 3.63) is 29.0 Å². The number of hydrazine groups is 1. The SMILES string of the molecule is Cc1nnc(NC(=O)c2cc(NN)ccn2)s1. The molecule has 0 aliphatic carbocycles. The summed E-state index contributed by atoms with van der Waals surface area (Å²) < 4.78 is 0. The fourth-order valence-corrected chi connectivity index (χ4v) is 1.74. The number of anilines is 2. The van der Waals surface area contributed by atoms with Crippen LogP contribution < -0.4 is 16.6 Å². The molecule has 0 aromatic carbocycles. The van der Waals surface area contributed by atoms with E-state index < -0.39 is 0 Å². The number of pyridine rings is 1. The minimum absolute atomic E-state index is 0.258. The summed E-state index contributed by atoms with van der Waals surface area (Å²) in [5.41, 5.74) is 3.31. The molecule has 2 aromatic rings. The summed E-state index contributed by atoms with van der Waals surface area (Å²) in [6.45, 7) is 1.81. The summed E-state index contributed by atoms with van der Waals surface area (Å²) in [5, 5.41) is 11.4. The number of aromatic nitrogens is 3. The molecular weight excluding hydrogens is 240 g/mol. The Hall–Kier alpha value is -2.06. The van der Waals surface area contributed by atoms with Gasteiger partial charge in [0.25, 0.3) is 5.91 Å². The second-order valence-corrected chi connectivity index (χ2v) is 4.34. The predicted molar refractivity (Wildman–Crippen MR) is 64.6 cm³/mol. The maximum atomic E-state index is 11.8. The molecule has 0 saturated heterocycles. The average molecular weight is 250 g/mol. The lowest BCUT2D eigenvalue weighted by Gasteiger charge is -2.02. The molecule has 88 valence electrons. The number of hydrogen-bond acceptors (Lipinski definition) is 7. The molecule has 0 atom stereocenters. The Morgan fingerprint density at radius 2 is 2.29 bits per heavy atom. The maximum Gasteiger partial charge on any atom is 0.276 e. The Morgan fingerprint density at radius 1 is 1.47 bits per heavy atom. The van der Waals surface area contributed by atoms with E-state index in [0.29, 0.717) is 10.8 Å². The van der Waals surface area contributed by atoms with Gasteiger partial charge in [0.15, 0.2) is 0 Å². The van der Waals surface area contributed by atoms with E-state index in [0.717, 1.165) is 5.01 Å². The minimum atomic E-state index is -0.349. The summed E-state index contributed by atoms with van der Waals surface area (Å²) >= 11 is 1.30. The van der Waals surface area contributed by atoms with E-state index in [1.807, 2.05) is 6.92 Å². The molecule has 1 amide bonds. The lowest BCUT2D eigenvalue weighted by Crippen LogP contribution is -2.15. The van der Waals surface area contributed by atoms with Gasteiger partial charge in [0, 0.05) is 6.20 Å². The molecule has 0 spiro atoms. The molecular formula is C9H10N6OS. The van der Waals surface area contributed by atoms with E-state index >= 15 is 0 Å². The number of aryl methyl sites for hydroxylation is 1. The normalized spacial score (nSPS) is 10.0. The van der Waals surface area contributed by atoms with Crippen molar-refractivity contribution in [2.45, 2.75) is 6.92 Å². The van der Waals surface area contributed by atoms with Crippen LogP contribution in [0.25, 0.3) is 0 Å². The first-order valence-electron chi connectivity index (χ1n) is 4.73. The Labute approximate surface area is 101 Å². The second kappa shape index (κ2) is 4.85. The topological polar surface area (TPSA) is 106 Å². The summed E-state index contributed by atoms with van der Waals surface area (Å²) in [7, 11) is 0. The minimum Gasteiger partial charge on any atom is -0.324 e. The molecule has 0 radical (unpaired) electrons. The molecule has 17 heavy (non-hydrogen) atoms. The van der Waals surface area contributed by atoms with E-state index in [2.05, 4.69) is 25.9 Å². The van der Waals surface area contributed by atoms with Crippen LogP contribution in [0.1, 0.15) is 15.5 Å². The Morgan fingerprint density at radius 3 is 2.94 bits per heavy atom. The number of hydrogen-bond donors (Lipinski definition) is 3. The molecule has 0 fully saturated rings. The monoisotopic (exact) mass is 250 g/mol. The first kappa shape index (κ1) is 11.4. The highest BCUT2D eigenvalue weighted by molar-refractivity contribution is 7.15. The largest absolute Gasteiger partial charge is 0.324 e. The molecule has 2 aromatic heterocycles. The van der Waals surface area contributed by atoms with Crippen LogP contribution in [0.4, 0.5) is 10.8 Å². The fraction of sp³-hybridized carbons (Fsp3) is 0.111. The van der Waals surface area contributed by atoms with Crippen molar-refractivity contribution in [1.29, 1.82) is 0 Å². The number of rotatable bonds is 3. The molecule has 0 bridgehead atoms. The molecule has 4 N–H and O–H groups in total. The fourth-order valence-electron chi connectivity index (χ4n) is 1.15. The molecule has 0 aliphatic rings. The van der Waals surface area contributed by atoms with Gasteiger partial charge in [-0.1, -0.05) is 11.3 Å². The summed E-state index contributed by atoms with van der Waals surface area (Å²) in [6, 6.07) is 3.20. The van der Waals surface area contributed by atoms with E-state index in [1.165, 1.54) is 17.5 Å². The van der Waals surface area contributed by atoms with Crippen molar-refractivity contribution in [3.63, 3.8) is 0 Å². The van der Waals surface area contributed by atoms with Gasteiger partial charge in [0.2, 0.25) is 5.13 Å². The number of amides is 1. The molecule has 2 heterocycles. The number of nitrogens with zero attached hydrogens (tertiary/aromatic N) is 3. The molecule has 2 rings (SSSR count). The third kappa shape index (κ3) is 2.74. The zero-order chi connectivity index (χ0) is 12.3. The van der Waals surface area contributed by atoms with Crippen molar-refractivity contribution in [2.75, 3.05) is 10.7 Å². The Kier molecular flexibility index (Phi) is 3.26. The van der Waals surface area contributed by atoms with Crippen LogP contribution in [-0.4, -0.2) is 21.1 Å². The van der Waals surface area contributed by atoms with Crippen LogP contribution in [-0.2, 0) is 0 Å². The highest BCUT2D eigenvalue weighted by atomic mass is 32.1. The van der Waals surface area contributed by atoms with Crippen LogP contribution in [0.2, 0.25) is 0 Å². The third-order valence-electron chi connectivity index (χ3n) is 1.91. The van der Waals surface area contributed by atoms with Crippen LogP contribution in [0.5, 0.6) is 0 Å². The summed E-state index contributed by atoms with van der Waals surface area (Å²) in [5.74, 6) is 4.90. The third-order valence-corrected chi connectivity index (χ3v) is 2.66. The van der Waals surface area contributed by atoms with Gasteiger partial charge >= 0.3 is 0 Å². The Bertz CT molecular complexity index is 540. The van der Waals surface area contributed by atoms with Gasteiger partial charge in [0.05, 0.1) is 5.69 Å².